The highest BCUT2D eigenvalue weighted by atomic mass is 16.6. The van der Waals surface area contributed by atoms with Crippen LogP contribution >= 0.6 is 0 Å². The molecule has 2 aromatic rings. The number of benzene rings is 1. The van der Waals surface area contributed by atoms with Crippen LogP contribution in [-0.4, -0.2) is 41.8 Å². The standard InChI is InChI=1S/C20H24N2O3/c23-16-10-13-22(14-11-16)12-9-15-5-7-17(8-6-15)24-20-21-18-3-1-2-4-19(18)25-20/h1-7,16-17,23H,8-14H2/p+1. The molecule has 2 heterocycles. The van der Waals surface area contributed by atoms with Crippen LogP contribution in [0.5, 0.6) is 6.08 Å². The molecule has 0 amide bonds. The number of hydrogen-bond acceptors (Lipinski definition) is 4. The van der Waals surface area contributed by atoms with Crippen molar-refractivity contribution in [3.05, 3.63) is 48.1 Å². The molecule has 4 rings (SSSR count). The Morgan fingerprint density at radius 1 is 1.24 bits per heavy atom. The summed E-state index contributed by atoms with van der Waals surface area (Å²) in [6.45, 7) is 3.07. The van der Waals surface area contributed by atoms with Gasteiger partial charge < -0.3 is 19.2 Å². The zero-order valence-corrected chi connectivity index (χ0v) is 14.4. The van der Waals surface area contributed by atoms with Gasteiger partial charge in [0.15, 0.2) is 0 Å². The van der Waals surface area contributed by atoms with Crippen LogP contribution in [0.4, 0.5) is 0 Å². The number of piperidine rings is 1. The molecule has 0 saturated carbocycles. The van der Waals surface area contributed by atoms with E-state index < -0.39 is 0 Å². The van der Waals surface area contributed by atoms with Crippen molar-refractivity contribution in [3.8, 4) is 6.08 Å². The second-order valence-corrected chi connectivity index (χ2v) is 6.86. The number of allylic oxidation sites excluding steroid dienone is 1. The lowest BCUT2D eigenvalue weighted by Crippen LogP contribution is -2.36. The molecule has 1 atom stereocenters. The molecule has 1 aliphatic heterocycles. The molecule has 25 heavy (non-hydrogen) atoms. The Morgan fingerprint density at radius 3 is 2.84 bits per heavy atom. The summed E-state index contributed by atoms with van der Waals surface area (Å²) in [5, 5.41) is 9.57. The fourth-order valence-corrected chi connectivity index (χ4v) is 3.43. The fraction of sp³-hybridized carbons (Fsp3) is 0.450. The van der Waals surface area contributed by atoms with Crippen LogP contribution in [-0.2, 0) is 0 Å². The normalized spacial score (nSPS) is 22.3. The lowest BCUT2D eigenvalue weighted by molar-refractivity contribution is -0.376. The van der Waals surface area contributed by atoms with Crippen molar-refractivity contribution in [2.75, 3.05) is 19.6 Å². The quantitative estimate of drug-likeness (QED) is 0.908. The number of aromatic nitrogens is 1. The molecule has 5 nitrogen and oxygen atoms in total. The van der Waals surface area contributed by atoms with Crippen molar-refractivity contribution in [2.24, 2.45) is 0 Å². The van der Waals surface area contributed by atoms with Crippen LogP contribution in [0.2, 0.25) is 0 Å². The third kappa shape index (κ3) is 4.11. The SMILES string of the molecule is OC1CCN(CCC2=CCC(Oc3[nH+]c4ccccc4o3)C=C2)CC1. The molecule has 1 saturated heterocycles. The second kappa shape index (κ2) is 7.42. The molecule has 1 aromatic heterocycles. The largest absolute Gasteiger partial charge is 0.560 e. The number of likely N-dealkylation sites (tertiary alicyclic amines) is 1. The zero-order chi connectivity index (χ0) is 17.1. The van der Waals surface area contributed by atoms with Gasteiger partial charge in [-0.2, -0.15) is 0 Å². The van der Waals surface area contributed by atoms with E-state index in [2.05, 4.69) is 28.1 Å². The highest BCUT2D eigenvalue weighted by molar-refractivity contribution is 5.68. The summed E-state index contributed by atoms with van der Waals surface area (Å²) in [5.41, 5.74) is 3.11. The molecule has 132 valence electrons. The van der Waals surface area contributed by atoms with Crippen LogP contribution in [0.15, 0.2) is 52.5 Å². The van der Waals surface area contributed by atoms with Gasteiger partial charge in [-0.25, -0.2) is 0 Å². The first-order valence-electron chi connectivity index (χ1n) is 9.11. The van der Waals surface area contributed by atoms with Gasteiger partial charge in [-0.15, -0.1) is 4.98 Å². The van der Waals surface area contributed by atoms with E-state index in [1.54, 1.807) is 0 Å². The summed E-state index contributed by atoms with van der Waals surface area (Å²) >= 11 is 0. The summed E-state index contributed by atoms with van der Waals surface area (Å²) < 4.78 is 11.6. The molecule has 0 spiro atoms. The molecule has 2 N–H and O–H groups in total. The molecule has 1 fully saturated rings. The van der Waals surface area contributed by atoms with Gasteiger partial charge >= 0.3 is 6.08 Å². The second-order valence-electron chi connectivity index (χ2n) is 6.86. The van der Waals surface area contributed by atoms with Crippen LogP contribution in [0, 0.1) is 0 Å². The van der Waals surface area contributed by atoms with E-state index >= 15 is 0 Å². The summed E-state index contributed by atoms with van der Waals surface area (Å²) in [4.78, 5) is 5.59. The number of aliphatic hydroxyl groups is 1. The van der Waals surface area contributed by atoms with E-state index in [4.69, 9.17) is 9.15 Å². The number of rotatable bonds is 5. The third-order valence-electron chi connectivity index (χ3n) is 5.00. The number of aliphatic hydroxyl groups excluding tert-OH is 1. The Hall–Kier alpha value is -2.11. The van der Waals surface area contributed by atoms with Crippen molar-refractivity contribution in [1.29, 1.82) is 0 Å². The van der Waals surface area contributed by atoms with E-state index in [0.29, 0.717) is 6.08 Å². The van der Waals surface area contributed by atoms with Gasteiger partial charge in [-0.1, -0.05) is 29.9 Å². The number of nitrogens with zero attached hydrogens (tertiary/aromatic N) is 1. The number of nitrogens with one attached hydrogen (secondary N) is 1. The molecule has 1 aliphatic carbocycles. The van der Waals surface area contributed by atoms with Gasteiger partial charge in [0.1, 0.15) is 6.10 Å². The molecular weight excluding hydrogens is 316 g/mol. The number of oxazole rings is 1. The van der Waals surface area contributed by atoms with Crippen molar-refractivity contribution in [2.45, 2.75) is 37.9 Å². The fourth-order valence-electron chi connectivity index (χ4n) is 3.43. The number of H-pyrrole nitrogens is 1. The Labute approximate surface area is 147 Å². The van der Waals surface area contributed by atoms with E-state index in [0.717, 1.165) is 56.4 Å². The van der Waals surface area contributed by atoms with E-state index in [1.165, 1.54) is 5.57 Å². The molecule has 5 heteroatoms. The molecule has 0 bridgehead atoms. The number of para-hydroxylation sites is 2. The summed E-state index contributed by atoms with van der Waals surface area (Å²) in [5.74, 6) is 0. The molecule has 0 radical (unpaired) electrons. The van der Waals surface area contributed by atoms with Crippen LogP contribution in [0.1, 0.15) is 25.7 Å². The number of hydrogen-bond donors (Lipinski definition) is 1. The number of ether oxygens (including phenoxy) is 1. The highest BCUT2D eigenvalue weighted by Gasteiger charge is 2.20. The lowest BCUT2D eigenvalue weighted by Gasteiger charge is -2.29. The topological polar surface area (TPSA) is 60.0 Å². The van der Waals surface area contributed by atoms with Gasteiger partial charge in [0.05, 0.1) is 6.10 Å². The van der Waals surface area contributed by atoms with Gasteiger partial charge in [0, 0.05) is 32.1 Å². The predicted molar refractivity (Wildman–Crippen MR) is 95.3 cm³/mol. The number of fused-ring (bicyclic) bond motifs is 1. The van der Waals surface area contributed by atoms with Gasteiger partial charge in [-0.3, -0.25) is 0 Å². The maximum absolute atomic E-state index is 9.57. The van der Waals surface area contributed by atoms with E-state index in [1.807, 2.05) is 24.3 Å². The molecule has 1 unspecified atom stereocenters. The summed E-state index contributed by atoms with van der Waals surface area (Å²) in [7, 11) is 0. The van der Waals surface area contributed by atoms with Crippen molar-refractivity contribution >= 4 is 11.1 Å². The first-order valence-corrected chi connectivity index (χ1v) is 9.11. The van der Waals surface area contributed by atoms with Crippen LogP contribution < -0.4 is 9.72 Å². The van der Waals surface area contributed by atoms with Crippen molar-refractivity contribution in [3.63, 3.8) is 0 Å². The smallest absolute Gasteiger partial charge is 0.406 e. The first-order chi connectivity index (χ1) is 12.3. The monoisotopic (exact) mass is 341 g/mol. The van der Waals surface area contributed by atoms with Gasteiger partial charge in [-0.05, 0) is 31.4 Å². The minimum absolute atomic E-state index is 0.00527. The summed E-state index contributed by atoms with van der Waals surface area (Å²) in [6.07, 6.45) is 10.6. The minimum atomic E-state index is -0.0991. The van der Waals surface area contributed by atoms with E-state index in [-0.39, 0.29) is 12.2 Å². The average molecular weight is 341 g/mol. The summed E-state index contributed by atoms with van der Waals surface area (Å²) in [6, 6.07) is 7.81. The average Bonchev–Trinajstić information content (AvgIpc) is 3.05. The maximum atomic E-state index is 9.57. The number of aromatic amines is 1. The molecule has 1 aromatic carbocycles. The van der Waals surface area contributed by atoms with Crippen molar-refractivity contribution in [1.82, 2.24) is 4.90 Å². The minimum Gasteiger partial charge on any atom is -0.406 e. The van der Waals surface area contributed by atoms with Gasteiger partial charge in [0.2, 0.25) is 5.58 Å². The highest BCUT2D eigenvalue weighted by Crippen LogP contribution is 2.21. The first kappa shape index (κ1) is 16.4. The Kier molecular flexibility index (Phi) is 4.85. The maximum Gasteiger partial charge on any atom is 0.560 e. The Balaban J connectivity index is 1.26. The van der Waals surface area contributed by atoms with Crippen LogP contribution in [0.3, 0.4) is 0 Å². The molecule has 2 aliphatic rings. The van der Waals surface area contributed by atoms with Crippen LogP contribution in [0.25, 0.3) is 11.1 Å². The van der Waals surface area contributed by atoms with Gasteiger partial charge in [0.25, 0.3) is 5.52 Å². The van der Waals surface area contributed by atoms with Crippen molar-refractivity contribution < 1.29 is 19.2 Å². The lowest BCUT2D eigenvalue weighted by atomic mass is 10.0. The predicted octanol–water partition coefficient (Wildman–Crippen LogP) is 2.73. The van der Waals surface area contributed by atoms with E-state index in [9.17, 15) is 5.11 Å². The Bertz CT molecular complexity index is 739. The zero-order valence-electron chi connectivity index (χ0n) is 14.4. The Morgan fingerprint density at radius 2 is 2.08 bits per heavy atom. The molecular formula is C20H25N2O3+. The third-order valence-corrected chi connectivity index (χ3v) is 5.00.